The minimum absolute atomic E-state index is 0.0872. The SMILES string of the molecule is CCCCC/C=C\C/C=C\CCCCCCCCOCC(CN1CCCC1C)OCCOCCOCCOCCO[C@H]1CC[C@@]2(C)C(=CCC3C4CCC(CCCCC(C)C)[C@@]4(C)CCC32)C1. The maximum absolute atomic E-state index is 6.44. The van der Waals surface area contributed by atoms with Gasteiger partial charge in [0.1, 0.15) is 0 Å². The number of allylic oxidation sites excluding steroid dienone is 5. The first-order chi connectivity index (χ1) is 32.7. The van der Waals surface area contributed by atoms with Crippen molar-refractivity contribution in [2.45, 2.75) is 227 Å². The maximum atomic E-state index is 6.44. The third-order valence-corrected chi connectivity index (χ3v) is 17.7. The fraction of sp³-hybridized carbons (Fsp3) is 0.900. The molecule has 67 heavy (non-hydrogen) atoms. The number of ether oxygens (including phenoxy) is 6. The average molecular weight is 939 g/mol. The van der Waals surface area contributed by atoms with E-state index in [4.69, 9.17) is 28.4 Å². The van der Waals surface area contributed by atoms with Gasteiger partial charge in [-0.05, 0) is 163 Å². The van der Waals surface area contributed by atoms with Gasteiger partial charge in [-0.1, -0.05) is 128 Å². The molecule has 0 aromatic rings. The van der Waals surface area contributed by atoms with E-state index < -0.39 is 0 Å². The van der Waals surface area contributed by atoms with Gasteiger partial charge in [0.25, 0.3) is 0 Å². The van der Waals surface area contributed by atoms with Crippen LogP contribution in [0.25, 0.3) is 0 Å². The molecule has 0 radical (unpaired) electrons. The van der Waals surface area contributed by atoms with Crippen LogP contribution in [-0.2, 0) is 28.4 Å². The van der Waals surface area contributed by atoms with Gasteiger partial charge < -0.3 is 28.4 Å². The lowest BCUT2D eigenvalue weighted by Crippen LogP contribution is -2.50. The van der Waals surface area contributed by atoms with Crippen molar-refractivity contribution < 1.29 is 28.4 Å². The Labute approximate surface area is 414 Å². The smallest absolute Gasteiger partial charge is 0.0936 e. The van der Waals surface area contributed by atoms with Crippen molar-refractivity contribution in [1.82, 2.24) is 4.90 Å². The molecule has 0 amide bonds. The second kappa shape index (κ2) is 32.8. The summed E-state index contributed by atoms with van der Waals surface area (Å²) in [6.45, 7) is 23.1. The van der Waals surface area contributed by atoms with Crippen LogP contribution in [0.1, 0.15) is 208 Å². The van der Waals surface area contributed by atoms with Crippen LogP contribution in [0.3, 0.4) is 0 Å². The summed E-state index contributed by atoms with van der Waals surface area (Å²) in [7, 11) is 0. The topological polar surface area (TPSA) is 58.6 Å². The van der Waals surface area contributed by atoms with Gasteiger partial charge in [0, 0.05) is 19.2 Å². The highest BCUT2D eigenvalue weighted by molar-refractivity contribution is 5.25. The van der Waals surface area contributed by atoms with Crippen LogP contribution >= 0.6 is 0 Å². The van der Waals surface area contributed by atoms with E-state index >= 15 is 0 Å². The molecule has 4 aliphatic carbocycles. The van der Waals surface area contributed by atoms with Crippen molar-refractivity contribution in [3.8, 4) is 0 Å². The molecule has 3 saturated carbocycles. The minimum Gasteiger partial charge on any atom is -0.379 e. The van der Waals surface area contributed by atoms with Gasteiger partial charge in [0.2, 0.25) is 0 Å². The summed E-state index contributed by atoms with van der Waals surface area (Å²) in [6.07, 6.45) is 46.8. The molecule has 1 heterocycles. The highest BCUT2D eigenvalue weighted by atomic mass is 16.6. The molecular weight excluding hydrogens is 831 g/mol. The Hall–Kier alpha value is -1.06. The summed E-state index contributed by atoms with van der Waals surface area (Å²) in [5, 5.41) is 0. The zero-order valence-electron chi connectivity index (χ0n) is 44.8. The van der Waals surface area contributed by atoms with Crippen LogP contribution in [-0.4, -0.2) is 102 Å². The summed E-state index contributed by atoms with van der Waals surface area (Å²) < 4.78 is 36.5. The van der Waals surface area contributed by atoms with Gasteiger partial charge in [0.15, 0.2) is 0 Å². The molecule has 7 heteroatoms. The molecule has 5 rings (SSSR count). The van der Waals surface area contributed by atoms with Gasteiger partial charge in [-0.3, -0.25) is 4.90 Å². The van der Waals surface area contributed by atoms with E-state index in [1.165, 1.54) is 148 Å². The Kier molecular flexibility index (Phi) is 27.8. The quantitative estimate of drug-likeness (QED) is 0.0451. The lowest BCUT2D eigenvalue weighted by Gasteiger charge is -2.58. The van der Waals surface area contributed by atoms with Gasteiger partial charge >= 0.3 is 0 Å². The Balaban J connectivity index is 0.831. The number of likely N-dealkylation sites (tertiary alicyclic amines) is 1. The van der Waals surface area contributed by atoms with Crippen LogP contribution in [0.4, 0.5) is 0 Å². The molecule has 0 bridgehead atoms. The van der Waals surface area contributed by atoms with E-state index in [2.05, 4.69) is 76.8 Å². The molecule has 7 nitrogen and oxygen atoms in total. The number of nitrogens with zero attached hydrogens (tertiary/aromatic N) is 1. The first-order valence-corrected chi connectivity index (χ1v) is 29.0. The van der Waals surface area contributed by atoms with Crippen LogP contribution in [0.5, 0.6) is 0 Å². The molecule has 0 aromatic carbocycles. The summed E-state index contributed by atoms with van der Waals surface area (Å²) >= 11 is 0. The zero-order valence-corrected chi connectivity index (χ0v) is 44.8. The molecular formula is C60H107NO6. The molecule has 5 aliphatic rings. The third-order valence-electron chi connectivity index (χ3n) is 17.7. The van der Waals surface area contributed by atoms with E-state index in [0.29, 0.717) is 82.4 Å². The second-order valence-corrected chi connectivity index (χ2v) is 23.0. The van der Waals surface area contributed by atoms with Crippen LogP contribution < -0.4 is 0 Å². The number of hydrogen-bond acceptors (Lipinski definition) is 7. The van der Waals surface area contributed by atoms with Gasteiger partial charge in [-0.15, -0.1) is 0 Å². The maximum Gasteiger partial charge on any atom is 0.0936 e. The van der Waals surface area contributed by atoms with Crippen molar-refractivity contribution in [3.05, 3.63) is 36.0 Å². The fourth-order valence-electron chi connectivity index (χ4n) is 13.5. The molecule has 0 spiro atoms. The molecule has 9 atom stereocenters. The Bertz CT molecular complexity index is 1370. The number of unbranched alkanes of at least 4 members (excludes halogenated alkanes) is 10. The molecule has 0 aromatic heterocycles. The van der Waals surface area contributed by atoms with Gasteiger partial charge in [0.05, 0.1) is 71.7 Å². The van der Waals surface area contributed by atoms with Crippen molar-refractivity contribution in [1.29, 1.82) is 0 Å². The van der Waals surface area contributed by atoms with Crippen molar-refractivity contribution >= 4 is 0 Å². The molecule has 0 N–H and O–H groups in total. The van der Waals surface area contributed by atoms with E-state index in [-0.39, 0.29) is 6.10 Å². The molecule has 1 aliphatic heterocycles. The zero-order chi connectivity index (χ0) is 47.4. The Morgan fingerprint density at radius 3 is 2.10 bits per heavy atom. The average Bonchev–Trinajstić information content (AvgIpc) is 3.89. The predicted molar refractivity (Wildman–Crippen MR) is 281 cm³/mol. The summed E-state index contributed by atoms with van der Waals surface area (Å²) in [5.74, 6) is 4.53. The summed E-state index contributed by atoms with van der Waals surface area (Å²) in [5.41, 5.74) is 2.69. The fourth-order valence-corrected chi connectivity index (χ4v) is 13.5. The third kappa shape index (κ3) is 19.8. The van der Waals surface area contributed by atoms with Crippen molar-refractivity contribution in [2.75, 3.05) is 79.2 Å². The van der Waals surface area contributed by atoms with Crippen LogP contribution in [0, 0.1) is 40.4 Å². The number of fused-ring (bicyclic) bond motifs is 5. The monoisotopic (exact) mass is 938 g/mol. The Morgan fingerprint density at radius 1 is 0.687 bits per heavy atom. The minimum atomic E-state index is 0.0872. The largest absolute Gasteiger partial charge is 0.379 e. The normalized spacial score (nSPS) is 29.3. The molecule has 1 saturated heterocycles. The number of rotatable bonds is 38. The van der Waals surface area contributed by atoms with Crippen LogP contribution in [0.15, 0.2) is 36.0 Å². The standard InChI is InChI=1S/C60H107NO6/c1-7-8-9-10-11-12-13-14-15-16-17-18-19-20-21-24-38-65-49-55(48-61-37-25-27-51(61)4)67-46-44-64-42-40-62-39-41-63-43-45-66-54-33-35-60(6)53(47-54)29-31-56-57-32-30-52(28-23-22-26-50(2)3)59(57,5)36-34-58(56)60/h11-12,14-15,29,50-52,54-58H,7-10,13,16-28,30-49H2,1-6H3/b12-11-,15-14-/t51?,52?,54-,55?,56?,57?,58?,59+,60-/m0/s1. The lowest BCUT2D eigenvalue weighted by molar-refractivity contribution is -0.0663. The predicted octanol–water partition coefficient (Wildman–Crippen LogP) is 14.9. The van der Waals surface area contributed by atoms with E-state index in [9.17, 15) is 0 Å². The lowest BCUT2D eigenvalue weighted by atomic mass is 9.47. The van der Waals surface area contributed by atoms with Gasteiger partial charge in [-0.25, -0.2) is 0 Å². The first kappa shape index (κ1) is 56.8. The molecule has 4 fully saturated rings. The first-order valence-electron chi connectivity index (χ1n) is 29.0. The molecule has 6 unspecified atom stereocenters. The highest BCUT2D eigenvalue weighted by Gasteiger charge is 2.58. The highest BCUT2D eigenvalue weighted by Crippen LogP contribution is 2.67. The van der Waals surface area contributed by atoms with Crippen LogP contribution in [0.2, 0.25) is 0 Å². The van der Waals surface area contributed by atoms with Gasteiger partial charge in [-0.2, -0.15) is 0 Å². The second-order valence-electron chi connectivity index (χ2n) is 23.0. The number of hydrogen-bond donors (Lipinski definition) is 0. The van der Waals surface area contributed by atoms with E-state index in [1.807, 2.05) is 0 Å². The van der Waals surface area contributed by atoms with E-state index in [1.54, 1.807) is 5.57 Å². The van der Waals surface area contributed by atoms with Crippen molar-refractivity contribution in [3.63, 3.8) is 0 Å². The van der Waals surface area contributed by atoms with E-state index in [0.717, 1.165) is 68.5 Å². The van der Waals surface area contributed by atoms with Crippen molar-refractivity contribution in [2.24, 2.45) is 40.4 Å². The summed E-state index contributed by atoms with van der Waals surface area (Å²) in [6, 6.07) is 0.628. The summed E-state index contributed by atoms with van der Waals surface area (Å²) in [4.78, 5) is 2.56. The Morgan fingerprint density at radius 2 is 1.39 bits per heavy atom. The molecule has 388 valence electrons.